The summed E-state index contributed by atoms with van der Waals surface area (Å²) in [6.45, 7) is 1.64. The lowest BCUT2D eigenvalue weighted by atomic mass is 10.2. The van der Waals surface area contributed by atoms with Gasteiger partial charge < -0.3 is 4.74 Å². The monoisotopic (exact) mass is 239 g/mol. The van der Waals surface area contributed by atoms with Crippen molar-refractivity contribution in [3.05, 3.63) is 28.3 Å². The van der Waals surface area contributed by atoms with Gasteiger partial charge in [-0.1, -0.05) is 6.92 Å². The van der Waals surface area contributed by atoms with E-state index in [4.69, 9.17) is 10.6 Å². The van der Waals surface area contributed by atoms with E-state index in [1.807, 2.05) is 0 Å². The highest BCUT2D eigenvalue weighted by Gasteiger charge is 2.18. The molecule has 7 nitrogen and oxygen atoms in total. The highest BCUT2D eigenvalue weighted by atomic mass is 16.6. The van der Waals surface area contributed by atoms with Gasteiger partial charge >= 0.3 is 0 Å². The van der Waals surface area contributed by atoms with Crippen LogP contribution in [0.4, 0.5) is 11.4 Å². The molecule has 0 heterocycles. The Balaban J connectivity index is 3.22. The predicted molar refractivity (Wildman–Crippen MR) is 61.6 cm³/mol. The molecule has 0 aromatic heterocycles. The van der Waals surface area contributed by atoms with Crippen LogP contribution in [0.15, 0.2) is 18.2 Å². The number of benzene rings is 1. The molecule has 0 atom stereocenters. The number of carbonyl (C=O) groups excluding carboxylic acids is 1. The molecule has 0 radical (unpaired) electrons. The van der Waals surface area contributed by atoms with Gasteiger partial charge in [-0.2, -0.15) is 0 Å². The summed E-state index contributed by atoms with van der Waals surface area (Å²) in [7, 11) is 1.40. The molecule has 0 aliphatic rings. The molecule has 0 unspecified atom stereocenters. The second kappa shape index (κ2) is 5.26. The number of methoxy groups -OCH3 is 1. The van der Waals surface area contributed by atoms with Crippen LogP contribution in [0.5, 0.6) is 5.75 Å². The minimum absolute atomic E-state index is 0.153. The molecule has 2 N–H and O–H groups in total. The maximum Gasteiger partial charge on any atom is 0.271 e. The summed E-state index contributed by atoms with van der Waals surface area (Å²) < 4.78 is 5.00. The van der Waals surface area contributed by atoms with Gasteiger partial charge in [-0.05, 0) is 6.07 Å². The Morgan fingerprint density at radius 1 is 1.59 bits per heavy atom. The van der Waals surface area contributed by atoms with E-state index in [0.29, 0.717) is 5.75 Å². The number of nitrogens with zero attached hydrogens (tertiary/aromatic N) is 2. The Morgan fingerprint density at radius 2 is 2.24 bits per heavy atom. The summed E-state index contributed by atoms with van der Waals surface area (Å²) >= 11 is 0. The first kappa shape index (κ1) is 12.9. The van der Waals surface area contributed by atoms with Crippen molar-refractivity contribution in [2.75, 3.05) is 12.1 Å². The first-order chi connectivity index (χ1) is 8.01. The topological polar surface area (TPSA) is 98.7 Å². The highest BCUT2D eigenvalue weighted by molar-refractivity contribution is 5.93. The fourth-order valence-electron chi connectivity index (χ4n) is 1.28. The molecule has 1 aromatic carbocycles. The molecule has 1 rings (SSSR count). The number of nitro groups is 1. The Bertz CT molecular complexity index is 447. The van der Waals surface area contributed by atoms with Gasteiger partial charge in [0.25, 0.3) is 5.69 Å². The smallest absolute Gasteiger partial charge is 0.271 e. The lowest BCUT2D eigenvalue weighted by molar-refractivity contribution is -0.384. The number of carbonyl (C=O) groups is 1. The molecular formula is C10H13N3O4. The summed E-state index contributed by atoms with van der Waals surface area (Å²) in [5.41, 5.74) is 0.0219. The van der Waals surface area contributed by atoms with E-state index in [9.17, 15) is 14.9 Å². The average Bonchev–Trinajstić information content (AvgIpc) is 2.35. The number of amides is 1. The van der Waals surface area contributed by atoms with Crippen molar-refractivity contribution in [1.29, 1.82) is 0 Å². The molecule has 92 valence electrons. The largest absolute Gasteiger partial charge is 0.495 e. The summed E-state index contributed by atoms with van der Waals surface area (Å²) in [6, 6.07) is 3.88. The molecular weight excluding hydrogens is 226 g/mol. The maximum absolute atomic E-state index is 11.4. The second-order valence-electron chi connectivity index (χ2n) is 3.23. The Labute approximate surface area is 97.9 Å². The maximum atomic E-state index is 11.4. The van der Waals surface area contributed by atoms with Gasteiger partial charge in [0.15, 0.2) is 0 Å². The molecule has 0 fully saturated rings. The van der Waals surface area contributed by atoms with Crippen LogP contribution >= 0.6 is 0 Å². The molecule has 1 amide bonds. The minimum atomic E-state index is -0.562. The number of rotatable bonds is 4. The van der Waals surface area contributed by atoms with Gasteiger partial charge in [-0.3, -0.25) is 14.9 Å². The first-order valence-corrected chi connectivity index (χ1v) is 4.91. The van der Waals surface area contributed by atoms with Crippen LogP contribution in [0.2, 0.25) is 0 Å². The molecule has 7 heteroatoms. The third-order valence-electron chi connectivity index (χ3n) is 2.20. The van der Waals surface area contributed by atoms with E-state index in [0.717, 1.165) is 5.01 Å². The van der Waals surface area contributed by atoms with Crippen LogP contribution in [-0.4, -0.2) is 17.9 Å². The van der Waals surface area contributed by atoms with Crippen molar-refractivity contribution in [1.82, 2.24) is 0 Å². The number of hydrogen-bond acceptors (Lipinski definition) is 5. The average molecular weight is 239 g/mol. The van der Waals surface area contributed by atoms with Crippen LogP contribution in [0, 0.1) is 10.1 Å². The Hall–Kier alpha value is -2.15. The third kappa shape index (κ3) is 2.70. The summed E-state index contributed by atoms with van der Waals surface area (Å²) in [5, 5.41) is 11.5. The molecule has 0 aliphatic heterocycles. The van der Waals surface area contributed by atoms with Crippen molar-refractivity contribution in [3.8, 4) is 5.75 Å². The molecule has 0 spiro atoms. The Morgan fingerprint density at radius 3 is 2.71 bits per heavy atom. The van der Waals surface area contributed by atoms with E-state index in [1.54, 1.807) is 6.92 Å². The number of ether oxygens (including phenoxy) is 1. The molecule has 1 aromatic rings. The standard InChI is InChI=1S/C10H13N3O4/c1-3-10(14)12(11)8-6-7(13(15)16)4-5-9(8)17-2/h4-6H,3,11H2,1-2H3. The van der Waals surface area contributed by atoms with Gasteiger partial charge in [0, 0.05) is 18.6 Å². The van der Waals surface area contributed by atoms with Crippen LogP contribution in [0.25, 0.3) is 0 Å². The van der Waals surface area contributed by atoms with Crippen molar-refractivity contribution in [3.63, 3.8) is 0 Å². The van der Waals surface area contributed by atoms with E-state index in [1.165, 1.54) is 25.3 Å². The quantitative estimate of drug-likeness (QED) is 0.368. The number of hydrogen-bond donors (Lipinski definition) is 1. The van der Waals surface area contributed by atoms with E-state index in [2.05, 4.69) is 0 Å². The molecule has 0 aliphatic carbocycles. The van der Waals surface area contributed by atoms with Crippen molar-refractivity contribution < 1.29 is 14.5 Å². The molecule has 0 bridgehead atoms. The summed E-state index contributed by atoms with van der Waals surface area (Å²) in [4.78, 5) is 21.5. The van der Waals surface area contributed by atoms with Crippen molar-refractivity contribution >= 4 is 17.3 Å². The first-order valence-electron chi connectivity index (χ1n) is 4.91. The summed E-state index contributed by atoms with van der Waals surface area (Å²) in [5.74, 6) is 5.52. The van der Waals surface area contributed by atoms with Crippen LogP contribution < -0.4 is 15.6 Å². The molecule has 0 saturated heterocycles. The molecule has 17 heavy (non-hydrogen) atoms. The normalized spacial score (nSPS) is 9.82. The molecule has 0 saturated carbocycles. The minimum Gasteiger partial charge on any atom is -0.495 e. The van der Waals surface area contributed by atoms with Gasteiger partial charge in [-0.15, -0.1) is 0 Å². The third-order valence-corrected chi connectivity index (χ3v) is 2.20. The zero-order chi connectivity index (χ0) is 13.0. The zero-order valence-corrected chi connectivity index (χ0v) is 9.54. The highest BCUT2D eigenvalue weighted by Crippen LogP contribution is 2.30. The van der Waals surface area contributed by atoms with Gasteiger partial charge in [0.1, 0.15) is 11.4 Å². The second-order valence-corrected chi connectivity index (χ2v) is 3.23. The zero-order valence-electron chi connectivity index (χ0n) is 9.54. The van der Waals surface area contributed by atoms with E-state index >= 15 is 0 Å². The van der Waals surface area contributed by atoms with E-state index in [-0.39, 0.29) is 23.7 Å². The van der Waals surface area contributed by atoms with Crippen LogP contribution in [0.3, 0.4) is 0 Å². The fourth-order valence-corrected chi connectivity index (χ4v) is 1.28. The summed E-state index contributed by atoms with van der Waals surface area (Å²) in [6.07, 6.45) is 0.197. The number of nitro benzene ring substituents is 1. The van der Waals surface area contributed by atoms with E-state index < -0.39 is 4.92 Å². The number of non-ortho nitro benzene ring substituents is 1. The van der Waals surface area contributed by atoms with Gasteiger partial charge in [0.05, 0.1) is 12.0 Å². The number of anilines is 1. The van der Waals surface area contributed by atoms with Gasteiger partial charge in [0.2, 0.25) is 5.91 Å². The predicted octanol–water partition coefficient (Wildman–Crippen LogP) is 1.22. The van der Waals surface area contributed by atoms with Gasteiger partial charge in [-0.25, -0.2) is 10.9 Å². The lowest BCUT2D eigenvalue weighted by Crippen LogP contribution is -2.37. The fraction of sp³-hybridized carbons (Fsp3) is 0.300. The van der Waals surface area contributed by atoms with Crippen molar-refractivity contribution in [2.24, 2.45) is 5.84 Å². The Kier molecular flexibility index (Phi) is 4.00. The lowest BCUT2D eigenvalue weighted by Gasteiger charge is -2.18. The van der Waals surface area contributed by atoms with Crippen LogP contribution in [0.1, 0.15) is 13.3 Å². The number of nitrogens with two attached hydrogens (primary N) is 1. The number of hydrazine groups is 1. The van der Waals surface area contributed by atoms with Crippen molar-refractivity contribution in [2.45, 2.75) is 13.3 Å². The SMILES string of the molecule is CCC(=O)N(N)c1cc([N+](=O)[O-])ccc1OC. The van der Waals surface area contributed by atoms with Crippen LogP contribution in [-0.2, 0) is 4.79 Å².